The maximum Gasteiger partial charge on any atom is 0.251 e. The van der Waals surface area contributed by atoms with Crippen LogP contribution in [0.5, 0.6) is 0 Å². The van der Waals surface area contributed by atoms with Gasteiger partial charge in [0.05, 0.1) is 11.3 Å². The zero-order valence-corrected chi connectivity index (χ0v) is 13.9. The molecule has 0 aliphatic heterocycles. The van der Waals surface area contributed by atoms with Crippen molar-refractivity contribution >= 4 is 34.0 Å². The summed E-state index contributed by atoms with van der Waals surface area (Å²) in [6, 6.07) is 3.54. The molecule has 0 saturated carbocycles. The number of rotatable bonds is 4. The molecule has 3 rings (SSSR count). The molecule has 118 valence electrons. The number of fused-ring (bicyclic) bond motifs is 1. The number of anilines is 1. The van der Waals surface area contributed by atoms with Gasteiger partial charge in [0, 0.05) is 17.1 Å². The topological polar surface area (TPSA) is 98.6 Å². The molecule has 0 spiro atoms. The second-order valence-corrected chi connectivity index (χ2v) is 7.17. The van der Waals surface area contributed by atoms with Crippen LogP contribution >= 0.6 is 23.1 Å². The molecule has 6 nitrogen and oxygen atoms in total. The van der Waals surface area contributed by atoms with Crippen molar-refractivity contribution in [3.05, 3.63) is 38.6 Å². The van der Waals surface area contributed by atoms with Gasteiger partial charge in [-0.2, -0.15) is 5.26 Å². The van der Waals surface area contributed by atoms with E-state index < -0.39 is 0 Å². The van der Waals surface area contributed by atoms with Crippen molar-refractivity contribution in [2.45, 2.75) is 30.8 Å². The van der Waals surface area contributed by atoms with E-state index in [4.69, 9.17) is 0 Å². The highest BCUT2D eigenvalue weighted by atomic mass is 32.2. The van der Waals surface area contributed by atoms with Gasteiger partial charge in [-0.1, -0.05) is 11.8 Å². The number of thioether (sulfide) groups is 1. The molecule has 0 atom stereocenters. The van der Waals surface area contributed by atoms with Gasteiger partial charge in [-0.25, -0.2) is 4.98 Å². The summed E-state index contributed by atoms with van der Waals surface area (Å²) in [6.45, 7) is 0. The van der Waals surface area contributed by atoms with E-state index in [9.17, 15) is 14.9 Å². The number of carbonyl (C=O) groups is 1. The number of nitrogens with zero attached hydrogens (tertiary/aromatic N) is 2. The molecule has 2 N–H and O–H groups in total. The second kappa shape index (κ2) is 6.98. The lowest BCUT2D eigenvalue weighted by molar-refractivity contribution is -0.113. The predicted octanol–water partition coefficient (Wildman–Crippen LogP) is 2.31. The number of aromatic nitrogens is 2. The average Bonchev–Trinajstić information content (AvgIpc) is 2.90. The molecule has 0 unspecified atom stereocenters. The highest BCUT2D eigenvalue weighted by molar-refractivity contribution is 7.99. The highest BCUT2D eigenvalue weighted by Crippen LogP contribution is 2.37. The van der Waals surface area contributed by atoms with Gasteiger partial charge in [0.1, 0.15) is 11.1 Å². The van der Waals surface area contributed by atoms with Gasteiger partial charge in [0.2, 0.25) is 5.91 Å². The van der Waals surface area contributed by atoms with E-state index in [-0.39, 0.29) is 17.2 Å². The molecule has 1 aliphatic carbocycles. The summed E-state index contributed by atoms with van der Waals surface area (Å²) in [5.74, 6) is -0.0861. The van der Waals surface area contributed by atoms with Crippen molar-refractivity contribution in [3.63, 3.8) is 0 Å². The van der Waals surface area contributed by atoms with Crippen molar-refractivity contribution < 1.29 is 4.79 Å². The van der Waals surface area contributed by atoms with Crippen LogP contribution in [0.15, 0.2) is 22.2 Å². The number of carbonyl (C=O) groups excluding carboxylic acids is 1. The number of hydrogen-bond acceptors (Lipinski definition) is 6. The number of nitrogens with one attached hydrogen (secondary N) is 2. The van der Waals surface area contributed by atoms with Crippen LogP contribution < -0.4 is 10.9 Å². The van der Waals surface area contributed by atoms with Gasteiger partial charge < -0.3 is 10.3 Å². The fourth-order valence-electron chi connectivity index (χ4n) is 2.49. The number of aryl methyl sites for hydroxylation is 1. The Morgan fingerprint density at radius 2 is 2.30 bits per heavy atom. The van der Waals surface area contributed by atoms with Gasteiger partial charge in [-0.3, -0.25) is 9.59 Å². The van der Waals surface area contributed by atoms with E-state index in [1.165, 1.54) is 28.5 Å². The normalized spacial score (nSPS) is 13.2. The number of thiophene rings is 1. The van der Waals surface area contributed by atoms with Crippen LogP contribution in [0.4, 0.5) is 5.00 Å². The molecule has 2 aromatic heterocycles. The third-order valence-electron chi connectivity index (χ3n) is 3.52. The third kappa shape index (κ3) is 3.63. The first-order chi connectivity index (χ1) is 11.2. The summed E-state index contributed by atoms with van der Waals surface area (Å²) in [7, 11) is 0. The van der Waals surface area contributed by atoms with E-state index in [0.717, 1.165) is 43.0 Å². The van der Waals surface area contributed by atoms with Crippen LogP contribution in [-0.2, 0) is 17.6 Å². The fourth-order valence-corrected chi connectivity index (χ4v) is 4.40. The molecule has 0 radical (unpaired) electrons. The summed E-state index contributed by atoms with van der Waals surface area (Å²) < 4.78 is 0. The highest BCUT2D eigenvalue weighted by Gasteiger charge is 2.21. The lowest BCUT2D eigenvalue weighted by atomic mass is 9.96. The first-order valence-electron chi connectivity index (χ1n) is 7.20. The van der Waals surface area contributed by atoms with Crippen LogP contribution in [0, 0.1) is 11.3 Å². The predicted molar refractivity (Wildman–Crippen MR) is 89.9 cm³/mol. The summed E-state index contributed by atoms with van der Waals surface area (Å²) in [5.41, 5.74) is 1.45. The van der Waals surface area contributed by atoms with Crippen molar-refractivity contribution in [3.8, 4) is 6.07 Å². The molecular formula is C15H14N4O2S2. The van der Waals surface area contributed by atoms with Crippen molar-refractivity contribution in [2.24, 2.45) is 0 Å². The van der Waals surface area contributed by atoms with Crippen molar-refractivity contribution in [2.75, 3.05) is 11.1 Å². The SMILES string of the molecule is N#Cc1c(NC(=O)CSc2nccc(=O)[nH]2)sc2c1CCCC2. The Hall–Kier alpha value is -2.11. The van der Waals surface area contributed by atoms with Gasteiger partial charge in [-0.15, -0.1) is 11.3 Å². The number of hydrogen-bond donors (Lipinski definition) is 2. The number of aromatic amines is 1. The zero-order chi connectivity index (χ0) is 16.2. The van der Waals surface area contributed by atoms with Gasteiger partial charge in [0.25, 0.3) is 5.56 Å². The molecule has 1 amide bonds. The standard InChI is InChI=1S/C15H14N4O2S2/c16-7-10-9-3-1-2-4-11(9)23-14(10)18-13(21)8-22-15-17-6-5-12(20)19-15/h5-6H,1-4,8H2,(H,18,21)(H,17,19,20). The third-order valence-corrected chi connectivity index (χ3v) is 5.62. The second-order valence-electron chi connectivity index (χ2n) is 5.10. The Bertz CT molecular complexity index is 835. The summed E-state index contributed by atoms with van der Waals surface area (Å²) in [5, 5.41) is 13.2. The molecule has 8 heteroatoms. The van der Waals surface area contributed by atoms with Gasteiger partial charge >= 0.3 is 0 Å². The Morgan fingerprint density at radius 1 is 1.48 bits per heavy atom. The lowest BCUT2D eigenvalue weighted by Gasteiger charge is -2.09. The molecule has 2 heterocycles. The Balaban J connectivity index is 1.67. The lowest BCUT2D eigenvalue weighted by Crippen LogP contribution is -2.15. The van der Waals surface area contributed by atoms with E-state index in [1.54, 1.807) is 0 Å². The average molecular weight is 346 g/mol. The largest absolute Gasteiger partial charge is 0.316 e. The van der Waals surface area contributed by atoms with E-state index in [0.29, 0.717) is 15.7 Å². The van der Waals surface area contributed by atoms with Crippen molar-refractivity contribution in [1.29, 1.82) is 5.26 Å². The van der Waals surface area contributed by atoms with E-state index in [1.807, 2.05) is 0 Å². The fraction of sp³-hybridized carbons (Fsp3) is 0.333. The van der Waals surface area contributed by atoms with Crippen LogP contribution in [0.25, 0.3) is 0 Å². The van der Waals surface area contributed by atoms with Crippen LogP contribution in [-0.4, -0.2) is 21.6 Å². The number of H-pyrrole nitrogens is 1. The van der Waals surface area contributed by atoms with Crippen LogP contribution in [0.3, 0.4) is 0 Å². The molecular weight excluding hydrogens is 332 g/mol. The minimum atomic E-state index is -0.249. The van der Waals surface area contributed by atoms with Gasteiger partial charge in [0.15, 0.2) is 5.16 Å². The maximum absolute atomic E-state index is 12.1. The smallest absolute Gasteiger partial charge is 0.251 e. The maximum atomic E-state index is 12.1. The monoisotopic (exact) mass is 346 g/mol. The summed E-state index contributed by atoms with van der Waals surface area (Å²) in [4.78, 5) is 31.0. The van der Waals surface area contributed by atoms with E-state index in [2.05, 4.69) is 21.4 Å². The molecule has 0 aromatic carbocycles. The number of amides is 1. The molecule has 0 saturated heterocycles. The minimum absolute atomic E-state index is 0.125. The Kier molecular flexibility index (Phi) is 4.79. The van der Waals surface area contributed by atoms with Crippen LogP contribution in [0.2, 0.25) is 0 Å². The Morgan fingerprint density at radius 3 is 3.09 bits per heavy atom. The van der Waals surface area contributed by atoms with Crippen LogP contribution in [0.1, 0.15) is 28.8 Å². The minimum Gasteiger partial charge on any atom is -0.316 e. The van der Waals surface area contributed by atoms with E-state index >= 15 is 0 Å². The van der Waals surface area contributed by atoms with Crippen molar-refractivity contribution in [1.82, 2.24) is 9.97 Å². The first-order valence-corrected chi connectivity index (χ1v) is 9.00. The summed E-state index contributed by atoms with van der Waals surface area (Å²) in [6.07, 6.45) is 5.52. The number of nitriles is 1. The molecule has 23 heavy (non-hydrogen) atoms. The zero-order valence-electron chi connectivity index (χ0n) is 12.2. The molecule has 1 aliphatic rings. The summed E-state index contributed by atoms with van der Waals surface area (Å²) >= 11 is 2.66. The molecule has 2 aromatic rings. The quantitative estimate of drug-likeness (QED) is 0.654. The first kappa shape index (κ1) is 15.8. The van der Waals surface area contributed by atoms with Gasteiger partial charge in [-0.05, 0) is 31.2 Å². The Labute approximate surface area is 141 Å². The molecule has 0 bridgehead atoms. The molecule has 0 fully saturated rings.